The Kier molecular flexibility index (Phi) is 3.01. The average Bonchev–Trinajstić information content (AvgIpc) is 2.78. The highest BCUT2D eigenvalue weighted by Gasteiger charge is 2.10. The Balaban J connectivity index is 2.15. The van der Waals surface area contributed by atoms with E-state index in [-0.39, 0.29) is 6.61 Å². The molecule has 0 spiro atoms. The van der Waals surface area contributed by atoms with Crippen molar-refractivity contribution in [1.29, 1.82) is 0 Å². The quantitative estimate of drug-likeness (QED) is 0.778. The average molecular weight is 253 g/mol. The molecule has 2 aromatic heterocycles. The molecule has 0 radical (unpaired) electrons. The molecule has 96 valence electrons. The van der Waals surface area contributed by atoms with Gasteiger partial charge in [-0.1, -0.05) is 12.1 Å². The van der Waals surface area contributed by atoms with Crippen LogP contribution in [0.5, 0.6) is 0 Å². The number of benzene rings is 1. The molecule has 0 saturated carbocycles. The Morgan fingerprint density at radius 3 is 2.84 bits per heavy atom. The SMILES string of the molecule is Cn1c(-c2ccccn2)nc2ccc(CCO)cc21. The first-order chi connectivity index (χ1) is 9.29. The van der Waals surface area contributed by atoms with Gasteiger partial charge in [-0.25, -0.2) is 4.98 Å². The first kappa shape index (κ1) is 11.9. The van der Waals surface area contributed by atoms with E-state index in [0.717, 1.165) is 28.1 Å². The fourth-order valence-corrected chi connectivity index (χ4v) is 2.24. The van der Waals surface area contributed by atoms with E-state index < -0.39 is 0 Å². The third-order valence-corrected chi connectivity index (χ3v) is 3.24. The van der Waals surface area contributed by atoms with E-state index >= 15 is 0 Å². The van der Waals surface area contributed by atoms with Crippen LogP contribution >= 0.6 is 0 Å². The lowest BCUT2D eigenvalue weighted by atomic mass is 10.1. The summed E-state index contributed by atoms with van der Waals surface area (Å²) in [6.07, 6.45) is 2.44. The molecule has 0 amide bonds. The van der Waals surface area contributed by atoms with Crippen LogP contribution in [0, 0.1) is 0 Å². The van der Waals surface area contributed by atoms with Gasteiger partial charge in [-0.2, -0.15) is 0 Å². The lowest BCUT2D eigenvalue weighted by Gasteiger charge is -2.02. The van der Waals surface area contributed by atoms with Gasteiger partial charge in [0.15, 0.2) is 5.82 Å². The van der Waals surface area contributed by atoms with Crippen molar-refractivity contribution in [2.45, 2.75) is 6.42 Å². The van der Waals surface area contributed by atoms with Crippen molar-refractivity contribution < 1.29 is 5.11 Å². The van der Waals surface area contributed by atoms with Crippen LogP contribution in [-0.2, 0) is 13.5 Å². The van der Waals surface area contributed by atoms with Gasteiger partial charge in [-0.05, 0) is 36.2 Å². The predicted molar refractivity (Wildman–Crippen MR) is 74.7 cm³/mol. The van der Waals surface area contributed by atoms with Crippen LogP contribution in [0.25, 0.3) is 22.6 Å². The van der Waals surface area contributed by atoms with E-state index in [0.29, 0.717) is 6.42 Å². The Morgan fingerprint density at radius 2 is 2.11 bits per heavy atom. The number of hydrogen-bond donors (Lipinski definition) is 1. The zero-order chi connectivity index (χ0) is 13.2. The van der Waals surface area contributed by atoms with Crippen molar-refractivity contribution in [2.24, 2.45) is 7.05 Å². The molecule has 3 rings (SSSR count). The molecule has 4 nitrogen and oxygen atoms in total. The number of pyridine rings is 1. The molecule has 19 heavy (non-hydrogen) atoms. The lowest BCUT2D eigenvalue weighted by molar-refractivity contribution is 0.299. The summed E-state index contributed by atoms with van der Waals surface area (Å²) in [7, 11) is 1.99. The summed E-state index contributed by atoms with van der Waals surface area (Å²) in [5, 5.41) is 9.01. The maximum absolute atomic E-state index is 9.01. The number of aryl methyl sites for hydroxylation is 1. The molecule has 1 N–H and O–H groups in total. The van der Waals surface area contributed by atoms with Crippen LogP contribution in [0.4, 0.5) is 0 Å². The van der Waals surface area contributed by atoms with E-state index in [1.54, 1.807) is 6.20 Å². The second-order valence-electron chi connectivity index (χ2n) is 4.51. The zero-order valence-electron chi connectivity index (χ0n) is 10.7. The van der Waals surface area contributed by atoms with Gasteiger partial charge in [0, 0.05) is 19.9 Å². The summed E-state index contributed by atoms with van der Waals surface area (Å²) < 4.78 is 2.04. The van der Waals surface area contributed by atoms with Crippen LogP contribution in [0.2, 0.25) is 0 Å². The molecule has 1 aromatic carbocycles. The highest BCUT2D eigenvalue weighted by molar-refractivity contribution is 5.80. The third kappa shape index (κ3) is 2.11. The van der Waals surface area contributed by atoms with Gasteiger partial charge in [0.25, 0.3) is 0 Å². The lowest BCUT2D eigenvalue weighted by Crippen LogP contribution is -1.95. The minimum Gasteiger partial charge on any atom is -0.396 e. The predicted octanol–water partition coefficient (Wildman–Crippen LogP) is 2.17. The molecule has 3 aromatic rings. The first-order valence-electron chi connectivity index (χ1n) is 6.27. The molecule has 0 atom stereocenters. The smallest absolute Gasteiger partial charge is 0.159 e. The van der Waals surface area contributed by atoms with Crippen molar-refractivity contribution in [3.63, 3.8) is 0 Å². The fourth-order valence-electron chi connectivity index (χ4n) is 2.24. The van der Waals surface area contributed by atoms with Gasteiger partial charge in [0.1, 0.15) is 5.69 Å². The second kappa shape index (κ2) is 4.82. The standard InChI is InChI=1S/C15H15N3O/c1-18-14-10-11(7-9-19)5-6-12(14)17-15(18)13-4-2-3-8-16-13/h2-6,8,10,19H,7,9H2,1H3. The first-order valence-corrected chi connectivity index (χ1v) is 6.27. The maximum Gasteiger partial charge on any atom is 0.159 e. The highest BCUT2D eigenvalue weighted by atomic mass is 16.2. The van der Waals surface area contributed by atoms with Gasteiger partial charge in [-0.3, -0.25) is 4.98 Å². The number of aliphatic hydroxyl groups excluding tert-OH is 1. The van der Waals surface area contributed by atoms with Crippen LogP contribution in [-0.4, -0.2) is 26.2 Å². The maximum atomic E-state index is 9.01. The largest absolute Gasteiger partial charge is 0.396 e. The molecule has 0 aliphatic heterocycles. The molecule has 0 bridgehead atoms. The molecule has 0 aliphatic rings. The summed E-state index contributed by atoms with van der Waals surface area (Å²) in [6, 6.07) is 11.9. The number of aliphatic hydroxyl groups is 1. The summed E-state index contributed by atoms with van der Waals surface area (Å²) in [5.74, 6) is 0.858. The number of aromatic nitrogens is 3. The van der Waals surface area contributed by atoms with E-state index in [9.17, 15) is 0 Å². The molecular weight excluding hydrogens is 238 g/mol. The summed E-state index contributed by atoms with van der Waals surface area (Å²) >= 11 is 0. The van der Waals surface area contributed by atoms with Crippen LogP contribution in [0.15, 0.2) is 42.6 Å². The van der Waals surface area contributed by atoms with E-state index in [2.05, 4.69) is 16.0 Å². The minimum atomic E-state index is 0.163. The minimum absolute atomic E-state index is 0.163. The summed E-state index contributed by atoms with van der Waals surface area (Å²) in [6.45, 7) is 0.163. The second-order valence-corrected chi connectivity index (χ2v) is 4.51. The van der Waals surface area contributed by atoms with Crippen LogP contribution in [0.3, 0.4) is 0 Å². The Hall–Kier alpha value is -2.20. The Bertz CT molecular complexity index is 704. The molecule has 2 heterocycles. The fraction of sp³-hybridized carbons (Fsp3) is 0.200. The highest BCUT2D eigenvalue weighted by Crippen LogP contribution is 2.23. The van der Waals surface area contributed by atoms with E-state index in [1.807, 2.05) is 41.9 Å². The number of nitrogens with zero attached hydrogens (tertiary/aromatic N) is 3. The topological polar surface area (TPSA) is 50.9 Å². The number of fused-ring (bicyclic) bond motifs is 1. The number of rotatable bonds is 3. The number of imidazole rings is 1. The van der Waals surface area contributed by atoms with E-state index in [1.165, 1.54) is 0 Å². The van der Waals surface area contributed by atoms with Gasteiger partial charge < -0.3 is 9.67 Å². The Labute approximate surface area is 111 Å². The normalized spacial score (nSPS) is 11.1. The monoisotopic (exact) mass is 253 g/mol. The third-order valence-electron chi connectivity index (χ3n) is 3.24. The van der Waals surface area contributed by atoms with Crippen molar-refractivity contribution in [2.75, 3.05) is 6.61 Å². The molecular formula is C15H15N3O. The Morgan fingerprint density at radius 1 is 1.21 bits per heavy atom. The number of hydrogen-bond acceptors (Lipinski definition) is 3. The molecule has 0 fully saturated rings. The molecule has 0 saturated heterocycles. The molecule has 0 aliphatic carbocycles. The van der Waals surface area contributed by atoms with Crippen LogP contribution in [0.1, 0.15) is 5.56 Å². The van der Waals surface area contributed by atoms with Gasteiger partial charge in [0.2, 0.25) is 0 Å². The van der Waals surface area contributed by atoms with Crippen LogP contribution < -0.4 is 0 Å². The molecule has 4 heteroatoms. The van der Waals surface area contributed by atoms with E-state index in [4.69, 9.17) is 5.11 Å². The van der Waals surface area contributed by atoms with Gasteiger partial charge >= 0.3 is 0 Å². The summed E-state index contributed by atoms with van der Waals surface area (Å²) in [4.78, 5) is 8.96. The molecule has 0 unspecified atom stereocenters. The van der Waals surface area contributed by atoms with Crippen molar-refractivity contribution in [3.8, 4) is 11.5 Å². The van der Waals surface area contributed by atoms with Crippen molar-refractivity contribution >= 4 is 11.0 Å². The summed E-state index contributed by atoms with van der Waals surface area (Å²) in [5.41, 5.74) is 3.99. The van der Waals surface area contributed by atoms with Crippen molar-refractivity contribution in [3.05, 3.63) is 48.2 Å². The van der Waals surface area contributed by atoms with Gasteiger partial charge in [0.05, 0.1) is 11.0 Å². The van der Waals surface area contributed by atoms with Crippen molar-refractivity contribution in [1.82, 2.24) is 14.5 Å². The zero-order valence-corrected chi connectivity index (χ0v) is 10.7. The van der Waals surface area contributed by atoms with Gasteiger partial charge in [-0.15, -0.1) is 0 Å².